The first-order chi connectivity index (χ1) is 17.3. The number of benzene rings is 7. The van der Waals surface area contributed by atoms with Gasteiger partial charge in [-0.05, 0) is 66.3 Å². The molecule has 0 atom stereocenters. The van der Waals surface area contributed by atoms with E-state index in [0.717, 1.165) is 22.4 Å². The van der Waals surface area contributed by atoms with Crippen LogP contribution in [-0.4, -0.2) is 9.97 Å². The van der Waals surface area contributed by atoms with Crippen LogP contribution >= 0.6 is 0 Å². The Labute approximate surface area is 201 Å². The van der Waals surface area contributed by atoms with E-state index in [1.165, 1.54) is 54.2 Å². The summed E-state index contributed by atoms with van der Waals surface area (Å²) in [4.78, 5) is 8.35. The van der Waals surface area contributed by atoms with Crippen molar-refractivity contribution in [2.75, 3.05) is 0 Å². The Bertz CT molecular complexity index is 2000. The molecule has 8 aromatic rings. The van der Waals surface area contributed by atoms with Gasteiger partial charge in [-0.3, -0.25) is 0 Å². The van der Waals surface area contributed by atoms with Gasteiger partial charge in [0.1, 0.15) is 5.82 Å². The zero-order chi connectivity index (χ0) is 22.9. The Balaban J connectivity index is 1.41. The first-order valence-electron chi connectivity index (χ1n) is 12.0. The highest BCUT2D eigenvalue weighted by atomic mass is 14.9. The lowest BCUT2D eigenvalue weighted by atomic mass is 9.87. The molecule has 7 aromatic carbocycles. The van der Waals surface area contributed by atoms with Crippen LogP contribution in [0.3, 0.4) is 0 Å². The van der Waals surface area contributed by atoms with E-state index in [1.54, 1.807) is 0 Å². The average Bonchev–Trinajstić information content (AvgIpc) is 3.35. The van der Waals surface area contributed by atoms with Gasteiger partial charge >= 0.3 is 0 Å². The summed E-state index contributed by atoms with van der Waals surface area (Å²) in [6.45, 7) is 0. The molecule has 0 aliphatic carbocycles. The first-order valence-corrected chi connectivity index (χ1v) is 12.0. The summed E-state index contributed by atoms with van der Waals surface area (Å²) in [6.07, 6.45) is 0. The molecule has 1 N–H and O–H groups in total. The van der Waals surface area contributed by atoms with Gasteiger partial charge in [-0.15, -0.1) is 0 Å². The molecule has 0 spiro atoms. The zero-order valence-corrected chi connectivity index (χ0v) is 18.9. The van der Waals surface area contributed by atoms with E-state index in [1.807, 2.05) is 18.2 Å². The molecule has 0 amide bonds. The Hall–Kier alpha value is -4.69. The van der Waals surface area contributed by atoms with Gasteiger partial charge in [-0.2, -0.15) is 0 Å². The largest absolute Gasteiger partial charge is 0.338 e. The van der Waals surface area contributed by atoms with Crippen LogP contribution in [0.1, 0.15) is 0 Å². The Morgan fingerprint density at radius 2 is 1.17 bits per heavy atom. The number of hydrogen-bond donors (Lipinski definition) is 1. The predicted molar refractivity (Wildman–Crippen MR) is 148 cm³/mol. The molecule has 35 heavy (non-hydrogen) atoms. The average molecular weight is 445 g/mol. The SMILES string of the molecule is c1ccc(-c2nc3ccc(-c4ccc5c6cccc7cccc(c8cccc4c85)c76)cc3[nH]2)cc1. The molecule has 2 nitrogen and oxygen atoms in total. The van der Waals surface area contributed by atoms with Crippen LogP contribution in [0.25, 0.3) is 76.6 Å². The number of rotatable bonds is 2. The van der Waals surface area contributed by atoms with Gasteiger partial charge in [-0.25, -0.2) is 4.98 Å². The molecule has 1 heterocycles. The summed E-state index contributed by atoms with van der Waals surface area (Å²) in [5, 5.41) is 10.6. The van der Waals surface area contributed by atoms with Crippen LogP contribution in [0.4, 0.5) is 0 Å². The number of nitrogens with one attached hydrogen (secondary N) is 1. The molecule has 0 saturated carbocycles. The van der Waals surface area contributed by atoms with Crippen molar-refractivity contribution in [3.8, 4) is 22.5 Å². The van der Waals surface area contributed by atoms with Gasteiger partial charge in [0, 0.05) is 5.56 Å². The third-order valence-corrected chi connectivity index (χ3v) is 7.37. The van der Waals surface area contributed by atoms with Gasteiger partial charge in [0.2, 0.25) is 0 Å². The summed E-state index contributed by atoms with van der Waals surface area (Å²) < 4.78 is 0. The molecule has 162 valence electrons. The highest BCUT2D eigenvalue weighted by Crippen LogP contribution is 2.43. The lowest BCUT2D eigenvalue weighted by Gasteiger charge is -2.16. The molecule has 2 heteroatoms. The number of fused-ring (bicyclic) bond motifs is 3. The maximum atomic E-state index is 4.82. The standard InChI is InChI=1S/C33H20N2/c1-2-7-21(8-3-1)33-34-29-18-15-22(19-30(29)35-33)23-16-17-28-26-12-5-10-20-9-4-11-25(31(20)26)27-14-6-13-24(23)32(27)28/h1-19H,(H,34,35). The van der Waals surface area contributed by atoms with Crippen molar-refractivity contribution in [3.05, 3.63) is 115 Å². The second-order valence-corrected chi connectivity index (χ2v) is 9.28. The maximum Gasteiger partial charge on any atom is 0.138 e. The fourth-order valence-corrected chi connectivity index (χ4v) is 5.81. The van der Waals surface area contributed by atoms with Crippen molar-refractivity contribution in [3.63, 3.8) is 0 Å². The van der Waals surface area contributed by atoms with Crippen molar-refractivity contribution < 1.29 is 0 Å². The molecule has 0 aliphatic heterocycles. The summed E-state index contributed by atoms with van der Waals surface area (Å²) in [5.74, 6) is 0.902. The first kappa shape index (κ1) is 18.7. The van der Waals surface area contributed by atoms with E-state index in [9.17, 15) is 0 Å². The van der Waals surface area contributed by atoms with Crippen LogP contribution in [-0.2, 0) is 0 Å². The van der Waals surface area contributed by atoms with Gasteiger partial charge < -0.3 is 4.98 Å². The van der Waals surface area contributed by atoms with Crippen molar-refractivity contribution in [1.82, 2.24) is 9.97 Å². The molecule has 0 radical (unpaired) electrons. The molecular formula is C33H20N2. The van der Waals surface area contributed by atoms with Gasteiger partial charge in [-0.1, -0.05) is 103 Å². The van der Waals surface area contributed by atoms with Crippen LogP contribution in [0.5, 0.6) is 0 Å². The fraction of sp³-hybridized carbons (Fsp3) is 0. The number of imidazole rings is 1. The van der Waals surface area contributed by atoms with E-state index < -0.39 is 0 Å². The molecular weight excluding hydrogens is 424 g/mol. The number of aromatic nitrogens is 2. The maximum absolute atomic E-state index is 4.82. The smallest absolute Gasteiger partial charge is 0.138 e. The van der Waals surface area contributed by atoms with Gasteiger partial charge in [0.05, 0.1) is 11.0 Å². The summed E-state index contributed by atoms with van der Waals surface area (Å²) in [7, 11) is 0. The van der Waals surface area contributed by atoms with Crippen LogP contribution in [0.2, 0.25) is 0 Å². The quantitative estimate of drug-likeness (QED) is 0.209. The second kappa shape index (κ2) is 6.91. The molecule has 8 rings (SSSR count). The minimum atomic E-state index is 0.902. The Kier molecular flexibility index (Phi) is 3.69. The Morgan fingerprint density at radius 1 is 0.486 bits per heavy atom. The van der Waals surface area contributed by atoms with Crippen molar-refractivity contribution in [2.24, 2.45) is 0 Å². The van der Waals surface area contributed by atoms with E-state index in [2.05, 4.69) is 102 Å². The normalized spacial score (nSPS) is 12.0. The molecule has 0 bridgehead atoms. The topological polar surface area (TPSA) is 28.7 Å². The van der Waals surface area contributed by atoms with Gasteiger partial charge in [0.15, 0.2) is 0 Å². The molecule has 0 fully saturated rings. The van der Waals surface area contributed by atoms with E-state index >= 15 is 0 Å². The van der Waals surface area contributed by atoms with E-state index in [0.29, 0.717) is 0 Å². The minimum absolute atomic E-state index is 0.902. The van der Waals surface area contributed by atoms with Gasteiger partial charge in [0.25, 0.3) is 0 Å². The van der Waals surface area contributed by atoms with Crippen molar-refractivity contribution in [1.29, 1.82) is 0 Å². The summed E-state index contributed by atoms with van der Waals surface area (Å²) in [6, 6.07) is 41.4. The van der Waals surface area contributed by atoms with E-state index in [-0.39, 0.29) is 0 Å². The lowest BCUT2D eigenvalue weighted by Crippen LogP contribution is -1.89. The monoisotopic (exact) mass is 444 g/mol. The fourth-order valence-electron chi connectivity index (χ4n) is 5.81. The van der Waals surface area contributed by atoms with Crippen molar-refractivity contribution in [2.45, 2.75) is 0 Å². The number of aromatic amines is 1. The van der Waals surface area contributed by atoms with Crippen LogP contribution in [0.15, 0.2) is 115 Å². The molecule has 0 saturated heterocycles. The minimum Gasteiger partial charge on any atom is -0.338 e. The number of H-pyrrole nitrogens is 1. The summed E-state index contributed by atoms with van der Waals surface area (Å²) >= 11 is 0. The second-order valence-electron chi connectivity index (χ2n) is 9.28. The van der Waals surface area contributed by atoms with Crippen LogP contribution in [0, 0.1) is 0 Å². The highest BCUT2D eigenvalue weighted by molar-refractivity contribution is 6.34. The number of nitrogens with zero attached hydrogens (tertiary/aromatic N) is 1. The Morgan fingerprint density at radius 3 is 1.97 bits per heavy atom. The summed E-state index contributed by atoms with van der Waals surface area (Å²) in [5.41, 5.74) is 5.57. The third-order valence-electron chi connectivity index (χ3n) is 7.37. The zero-order valence-electron chi connectivity index (χ0n) is 18.9. The molecule has 0 unspecified atom stereocenters. The van der Waals surface area contributed by atoms with Crippen LogP contribution < -0.4 is 0 Å². The molecule has 1 aromatic heterocycles. The van der Waals surface area contributed by atoms with E-state index in [4.69, 9.17) is 4.98 Å². The van der Waals surface area contributed by atoms with Crippen molar-refractivity contribution >= 4 is 54.1 Å². The predicted octanol–water partition coefficient (Wildman–Crippen LogP) is 8.95. The number of hydrogen-bond acceptors (Lipinski definition) is 1. The third kappa shape index (κ3) is 2.62. The highest BCUT2D eigenvalue weighted by Gasteiger charge is 2.15. The molecule has 0 aliphatic rings. The lowest BCUT2D eigenvalue weighted by molar-refractivity contribution is 1.34.